The van der Waals surface area contributed by atoms with Crippen molar-refractivity contribution in [2.24, 2.45) is 0 Å². The monoisotopic (exact) mass is 474 g/mol. The fourth-order valence-electron chi connectivity index (χ4n) is 5.47. The Hall–Kier alpha value is -3.14. The van der Waals surface area contributed by atoms with Gasteiger partial charge in [-0.1, -0.05) is 12.1 Å². The first-order chi connectivity index (χ1) is 17.1. The number of pyridine rings is 1. The number of anilines is 1. The first-order valence-corrected chi connectivity index (χ1v) is 12.3. The smallest absolute Gasteiger partial charge is 0.251 e. The lowest BCUT2D eigenvalue weighted by atomic mass is 10.0. The van der Waals surface area contributed by atoms with Gasteiger partial charge in [0.2, 0.25) is 5.95 Å². The minimum Gasteiger partial charge on any atom is -0.377 e. The fraction of sp³-hybridized carbons (Fsp3) is 0.462. The quantitative estimate of drug-likeness (QED) is 0.595. The number of carbonyl (C=O) groups excluding carboxylic acids is 1. The minimum atomic E-state index is -0.184. The van der Waals surface area contributed by atoms with E-state index >= 15 is 0 Å². The van der Waals surface area contributed by atoms with Gasteiger partial charge in [-0.05, 0) is 44.0 Å². The minimum absolute atomic E-state index is 0.125. The number of carbonyl (C=O) groups is 1. The molecule has 1 aromatic carbocycles. The maximum absolute atomic E-state index is 12.2. The van der Waals surface area contributed by atoms with Crippen molar-refractivity contribution in [3.8, 4) is 11.3 Å². The molecule has 3 aromatic rings. The third-order valence-corrected chi connectivity index (χ3v) is 7.29. The standard InChI is InChI=1S/C26H30N6O3/c1-15-23(35-11-10-28-15)22-20-8-9-21(16-4-3-5-17(12-16)25(33)27-2)29-24(20)31-26(30-22)32-18-6-7-19(32)14-34-13-18/h3-5,8-9,12,15,18-19,23,28H,6-7,10-11,13-14H2,1-2H3,(H,27,33)/t15?,18?,19?,23-/m0/s1. The molecule has 3 unspecified atom stereocenters. The molecular weight excluding hydrogens is 444 g/mol. The first kappa shape index (κ1) is 22.3. The molecule has 1 amide bonds. The number of amides is 1. The maximum atomic E-state index is 12.2. The number of nitrogens with zero attached hydrogens (tertiary/aromatic N) is 4. The van der Waals surface area contributed by atoms with Crippen LogP contribution in [0.4, 0.5) is 5.95 Å². The lowest BCUT2D eigenvalue weighted by Crippen LogP contribution is -2.47. The molecule has 3 fully saturated rings. The molecule has 4 atom stereocenters. The van der Waals surface area contributed by atoms with E-state index in [0.29, 0.717) is 37.0 Å². The lowest BCUT2D eigenvalue weighted by molar-refractivity contribution is -0.00191. The molecule has 2 bridgehead atoms. The van der Waals surface area contributed by atoms with Gasteiger partial charge in [0.15, 0.2) is 5.65 Å². The van der Waals surface area contributed by atoms with E-state index in [1.54, 1.807) is 13.1 Å². The number of nitrogens with one attached hydrogen (secondary N) is 2. The van der Waals surface area contributed by atoms with Crippen LogP contribution in [0.25, 0.3) is 22.3 Å². The molecule has 3 aliphatic heterocycles. The summed E-state index contributed by atoms with van der Waals surface area (Å²) >= 11 is 0. The molecule has 0 saturated carbocycles. The van der Waals surface area contributed by atoms with E-state index in [0.717, 1.165) is 41.7 Å². The van der Waals surface area contributed by atoms with Crippen LogP contribution >= 0.6 is 0 Å². The Balaban J connectivity index is 1.48. The van der Waals surface area contributed by atoms with E-state index in [-0.39, 0.29) is 30.1 Å². The third kappa shape index (κ3) is 4.03. The van der Waals surface area contributed by atoms with Crippen molar-refractivity contribution in [3.05, 3.63) is 47.7 Å². The second kappa shape index (κ2) is 9.14. The summed E-state index contributed by atoms with van der Waals surface area (Å²) in [6.07, 6.45) is 1.98. The Bertz CT molecular complexity index is 1250. The summed E-state index contributed by atoms with van der Waals surface area (Å²) in [7, 11) is 1.63. The van der Waals surface area contributed by atoms with Gasteiger partial charge in [0, 0.05) is 36.1 Å². The second-order valence-corrected chi connectivity index (χ2v) is 9.50. The number of morpholine rings is 2. The Morgan fingerprint density at radius 2 is 1.94 bits per heavy atom. The van der Waals surface area contributed by atoms with Gasteiger partial charge in [0.25, 0.3) is 5.91 Å². The molecule has 9 nitrogen and oxygen atoms in total. The number of benzene rings is 1. The van der Waals surface area contributed by atoms with Gasteiger partial charge in [0.1, 0.15) is 6.10 Å². The van der Waals surface area contributed by atoms with Crippen LogP contribution in [-0.4, -0.2) is 72.4 Å². The number of ether oxygens (including phenoxy) is 2. The van der Waals surface area contributed by atoms with Crippen molar-refractivity contribution >= 4 is 22.9 Å². The Morgan fingerprint density at radius 1 is 1.11 bits per heavy atom. The van der Waals surface area contributed by atoms with E-state index in [1.807, 2.05) is 30.3 Å². The van der Waals surface area contributed by atoms with Gasteiger partial charge in [-0.2, -0.15) is 4.98 Å². The zero-order valence-corrected chi connectivity index (χ0v) is 20.0. The number of hydrogen-bond donors (Lipinski definition) is 2. The van der Waals surface area contributed by atoms with Crippen molar-refractivity contribution < 1.29 is 14.3 Å². The Kier molecular flexibility index (Phi) is 5.83. The highest BCUT2D eigenvalue weighted by Crippen LogP contribution is 2.36. The van der Waals surface area contributed by atoms with E-state index in [2.05, 4.69) is 22.5 Å². The van der Waals surface area contributed by atoms with Crippen molar-refractivity contribution in [1.29, 1.82) is 0 Å². The van der Waals surface area contributed by atoms with Gasteiger partial charge < -0.3 is 25.0 Å². The van der Waals surface area contributed by atoms with Crippen LogP contribution in [0.15, 0.2) is 36.4 Å². The molecule has 2 N–H and O–H groups in total. The summed E-state index contributed by atoms with van der Waals surface area (Å²) < 4.78 is 12.0. The van der Waals surface area contributed by atoms with Gasteiger partial charge in [-0.15, -0.1) is 0 Å². The zero-order chi connectivity index (χ0) is 23.9. The number of hydrogen-bond acceptors (Lipinski definition) is 8. The second-order valence-electron chi connectivity index (χ2n) is 9.50. The normalized spacial score (nSPS) is 26.2. The molecule has 0 aliphatic carbocycles. The van der Waals surface area contributed by atoms with Crippen molar-refractivity contribution in [1.82, 2.24) is 25.6 Å². The molecule has 182 valence electrons. The zero-order valence-electron chi connectivity index (χ0n) is 20.0. The summed E-state index contributed by atoms with van der Waals surface area (Å²) in [6, 6.07) is 12.2. The predicted octanol–water partition coefficient (Wildman–Crippen LogP) is 2.47. The average Bonchev–Trinajstić information content (AvgIpc) is 3.15. The van der Waals surface area contributed by atoms with Crippen LogP contribution in [0, 0.1) is 0 Å². The van der Waals surface area contributed by atoms with Crippen LogP contribution in [0.5, 0.6) is 0 Å². The molecule has 3 aliphatic rings. The van der Waals surface area contributed by atoms with Crippen LogP contribution in [-0.2, 0) is 9.47 Å². The molecule has 6 rings (SSSR count). The molecular formula is C26H30N6O3. The van der Waals surface area contributed by atoms with Gasteiger partial charge in [-0.3, -0.25) is 4.79 Å². The Labute approximate surface area is 204 Å². The van der Waals surface area contributed by atoms with E-state index in [4.69, 9.17) is 24.4 Å². The predicted molar refractivity (Wildman–Crippen MR) is 132 cm³/mol. The summed E-state index contributed by atoms with van der Waals surface area (Å²) in [4.78, 5) is 29.5. The first-order valence-electron chi connectivity index (χ1n) is 12.3. The van der Waals surface area contributed by atoms with Crippen molar-refractivity contribution in [3.63, 3.8) is 0 Å². The van der Waals surface area contributed by atoms with E-state index < -0.39 is 0 Å². The molecule has 2 aromatic heterocycles. The fourth-order valence-corrected chi connectivity index (χ4v) is 5.47. The van der Waals surface area contributed by atoms with Crippen LogP contribution in [0.1, 0.15) is 41.9 Å². The molecule has 35 heavy (non-hydrogen) atoms. The molecule has 5 heterocycles. The maximum Gasteiger partial charge on any atom is 0.251 e. The summed E-state index contributed by atoms with van der Waals surface area (Å²) in [5.74, 6) is 0.576. The molecule has 0 spiro atoms. The van der Waals surface area contributed by atoms with Crippen LogP contribution in [0.3, 0.4) is 0 Å². The molecule has 3 saturated heterocycles. The highest BCUT2D eigenvalue weighted by Gasteiger charge is 2.40. The topological polar surface area (TPSA) is 102 Å². The van der Waals surface area contributed by atoms with Gasteiger partial charge >= 0.3 is 0 Å². The largest absolute Gasteiger partial charge is 0.377 e. The van der Waals surface area contributed by atoms with E-state index in [9.17, 15) is 4.79 Å². The SMILES string of the molecule is CNC(=O)c1cccc(-c2ccc3c([C@H]4OCCNC4C)nc(N4C5CCC4COC5)nc3n2)c1. The van der Waals surface area contributed by atoms with Crippen molar-refractivity contribution in [2.45, 2.75) is 44.0 Å². The highest BCUT2D eigenvalue weighted by atomic mass is 16.5. The van der Waals surface area contributed by atoms with Crippen LogP contribution < -0.4 is 15.5 Å². The molecule has 9 heteroatoms. The van der Waals surface area contributed by atoms with Crippen LogP contribution in [0.2, 0.25) is 0 Å². The number of rotatable bonds is 4. The van der Waals surface area contributed by atoms with Crippen molar-refractivity contribution in [2.75, 3.05) is 38.3 Å². The van der Waals surface area contributed by atoms with Gasteiger partial charge in [-0.25, -0.2) is 9.97 Å². The molecule has 0 radical (unpaired) electrons. The lowest BCUT2D eigenvalue weighted by Gasteiger charge is -2.36. The summed E-state index contributed by atoms with van der Waals surface area (Å²) in [5, 5.41) is 7.08. The number of aromatic nitrogens is 3. The third-order valence-electron chi connectivity index (χ3n) is 7.29. The summed E-state index contributed by atoms with van der Waals surface area (Å²) in [5.41, 5.74) is 3.73. The highest BCUT2D eigenvalue weighted by molar-refractivity contribution is 5.95. The Morgan fingerprint density at radius 3 is 2.71 bits per heavy atom. The number of fused-ring (bicyclic) bond motifs is 3. The average molecular weight is 475 g/mol. The summed E-state index contributed by atoms with van der Waals surface area (Å²) in [6.45, 7) is 4.99. The van der Waals surface area contributed by atoms with Gasteiger partial charge in [0.05, 0.1) is 43.3 Å². The van der Waals surface area contributed by atoms with E-state index in [1.165, 1.54) is 0 Å².